The SMILES string of the molecule is CN(C(=O)C1CCCC1)c1cc(-c2ccccc2)nn1C. The molecule has 1 heterocycles. The molecule has 1 aliphatic rings. The number of hydrogen-bond acceptors (Lipinski definition) is 2. The molecule has 110 valence electrons. The smallest absolute Gasteiger partial charge is 0.230 e. The second-order valence-electron chi connectivity index (χ2n) is 5.76. The van der Waals surface area contributed by atoms with Crippen LogP contribution in [-0.2, 0) is 11.8 Å². The van der Waals surface area contributed by atoms with Crippen LogP contribution in [0.2, 0.25) is 0 Å². The number of carbonyl (C=O) groups excluding carboxylic acids is 1. The minimum Gasteiger partial charge on any atom is -0.300 e. The first kappa shape index (κ1) is 13.9. The van der Waals surface area contributed by atoms with Crippen molar-refractivity contribution < 1.29 is 4.79 Å². The van der Waals surface area contributed by atoms with Gasteiger partial charge in [0.25, 0.3) is 0 Å². The Kier molecular flexibility index (Phi) is 3.78. The number of carbonyl (C=O) groups is 1. The highest BCUT2D eigenvalue weighted by molar-refractivity contribution is 5.94. The van der Waals surface area contributed by atoms with Crippen LogP contribution in [0.25, 0.3) is 11.3 Å². The molecular weight excluding hydrogens is 262 g/mol. The van der Waals surface area contributed by atoms with E-state index in [9.17, 15) is 4.79 Å². The van der Waals surface area contributed by atoms with Crippen molar-refractivity contribution in [2.45, 2.75) is 25.7 Å². The molecule has 21 heavy (non-hydrogen) atoms. The fourth-order valence-corrected chi connectivity index (χ4v) is 3.08. The highest BCUT2D eigenvalue weighted by Crippen LogP contribution is 2.29. The van der Waals surface area contributed by atoms with Crippen LogP contribution in [-0.4, -0.2) is 22.7 Å². The zero-order chi connectivity index (χ0) is 14.8. The molecule has 1 amide bonds. The lowest BCUT2D eigenvalue weighted by molar-refractivity contribution is -0.121. The maximum atomic E-state index is 12.5. The number of amides is 1. The molecule has 0 radical (unpaired) electrons. The Morgan fingerprint density at radius 2 is 1.90 bits per heavy atom. The minimum atomic E-state index is 0.185. The summed E-state index contributed by atoms with van der Waals surface area (Å²) in [4.78, 5) is 14.3. The van der Waals surface area contributed by atoms with E-state index in [0.29, 0.717) is 0 Å². The topological polar surface area (TPSA) is 38.1 Å². The van der Waals surface area contributed by atoms with Gasteiger partial charge < -0.3 is 0 Å². The van der Waals surface area contributed by atoms with E-state index >= 15 is 0 Å². The van der Waals surface area contributed by atoms with Gasteiger partial charge in [0.2, 0.25) is 5.91 Å². The molecule has 0 N–H and O–H groups in total. The van der Waals surface area contributed by atoms with Gasteiger partial charge in [0.05, 0.1) is 5.69 Å². The van der Waals surface area contributed by atoms with Gasteiger partial charge in [-0.15, -0.1) is 0 Å². The van der Waals surface area contributed by atoms with Crippen molar-refractivity contribution in [1.82, 2.24) is 9.78 Å². The first-order valence-corrected chi connectivity index (χ1v) is 7.54. The third-order valence-corrected chi connectivity index (χ3v) is 4.30. The predicted octanol–water partition coefficient (Wildman–Crippen LogP) is 3.24. The van der Waals surface area contributed by atoms with E-state index in [1.165, 1.54) is 12.8 Å². The molecule has 0 unspecified atom stereocenters. The highest BCUT2D eigenvalue weighted by Gasteiger charge is 2.27. The summed E-state index contributed by atoms with van der Waals surface area (Å²) in [6, 6.07) is 12.0. The third-order valence-electron chi connectivity index (χ3n) is 4.30. The zero-order valence-electron chi connectivity index (χ0n) is 12.6. The second-order valence-corrected chi connectivity index (χ2v) is 5.76. The quantitative estimate of drug-likeness (QED) is 0.867. The Labute approximate surface area is 125 Å². The summed E-state index contributed by atoms with van der Waals surface area (Å²) in [5, 5.41) is 4.53. The standard InChI is InChI=1S/C17H21N3O/c1-19(17(21)14-10-6-7-11-14)16-12-15(18-20(16)2)13-8-4-3-5-9-13/h3-5,8-9,12,14H,6-7,10-11H2,1-2H3. The number of benzene rings is 1. The third kappa shape index (κ3) is 2.71. The summed E-state index contributed by atoms with van der Waals surface area (Å²) >= 11 is 0. The van der Waals surface area contributed by atoms with Crippen LogP contribution in [0.15, 0.2) is 36.4 Å². The van der Waals surface area contributed by atoms with E-state index in [0.717, 1.165) is 29.9 Å². The van der Waals surface area contributed by atoms with E-state index in [1.54, 1.807) is 9.58 Å². The van der Waals surface area contributed by atoms with Crippen LogP contribution in [0.3, 0.4) is 0 Å². The van der Waals surface area contributed by atoms with Crippen molar-refractivity contribution in [2.24, 2.45) is 13.0 Å². The van der Waals surface area contributed by atoms with Crippen LogP contribution in [0.4, 0.5) is 5.82 Å². The molecule has 4 heteroatoms. The van der Waals surface area contributed by atoms with Gasteiger partial charge in [0.15, 0.2) is 0 Å². The maximum absolute atomic E-state index is 12.5. The lowest BCUT2D eigenvalue weighted by Gasteiger charge is -2.20. The van der Waals surface area contributed by atoms with Crippen molar-refractivity contribution in [3.8, 4) is 11.3 Å². The molecule has 2 aromatic rings. The van der Waals surface area contributed by atoms with Gasteiger partial charge in [-0.3, -0.25) is 14.4 Å². The summed E-state index contributed by atoms with van der Waals surface area (Å²) in [5.41, 5.74) is 1.97. The van der Waals surface area contributed by atoms with E-state index in [2.05, 4.69) is 5.10 Å². The van der Waals surface area contributed by atoms with Crippen LogP contribution < -0.4 is 4.90 Å². The molecule has 1 aromatic heterocycles. The lowest BCUT2D eigenvalue weighted by Crippen LogP contribution is -2.33. The van der Waals surface area contributed by atoms with Crippen LogP contribution in [0.5, 0.6) is 0 Å². The number of rotatable bonds is 3. The van der Waals surface area contributed by atoms with Gasteiger partial charge in [-0.25, -0.2) is 0 Å². The van der Waals surface area contributed by atoms with E-state index in [4.69, 9.17) is 0 Å². The van der Waals surface area contributed by atoms with Gasteiger partial charge in [0, 0.05) is 31.6 Å². The fraction of sp³-hybridized carbons (Fsp3) is 0.412. The molecule has 4 nitrogen and oxygen atoms in total. The van der Waals surface area contributed by atoms with Crippen molar-refractivity contribution in [3.05, 3.63) is 36.4 Å². The second kappa shape index (κ2) is 5.72. The van der Waals surface area contributed by atoms with Crippen LogP contribution >= 0.6 is 0 Å². The number of nitrogens with zero attached hydrogens (tertiary/aromatic N) is 3. The van der Waals surface area contributed by atoms with Crippen LogP contribution in [0, 0.1) is 5.92 Å². The zero-order valence-corrected chi connectivity index (χ0v) is 12.6. The first-order chi connectivity index (χ1) is 10.2. The van der Waals surface area contributed by atoms with Gasteiger partial charge in [-0.2, -0.15) is 5.10 Å². The number of aromatic nitrogens is 2. The first-order valence-electron chi connectivity index (χ1n) is 7.54. The average molecular weight is 283 g/mol. The van der Waals surface area contributed by atoms with Gasteiger partial charge in [-0.05, 0) is 12.8 Å². The molecule has 1 aromatic carbocycles. The molecule has 0 saturated heterocycles. The molecule has 1 saturated carbocycles. The molecule has 1 aliphatic carbocycles. The largest absolute Gasteiger partial charge is 0.300 e. The molecule has 0 aliphatic heterocycles. The molecular formula is C17H21N3O. The lowest BCUT2D eigenvalue weighted by atomic mass is 10.1. The normalized spacial score (nSPS) is 15.3. The Hall–Kier alpha value is -2.10. The Morgan fingerprint density at radius 1 is 1.24 bits per heavy atom. The predicted molar refractivity (Wildman–Crippen MR) is 84.0 cm³/mol. The number of anilines is 1. The summed E-state index contributed by atoms with van der Waals surface area (Å²) in [7, 11) is 3.74. The Bertz CT molecular complexity index is 627. The van der Waals surface area contributed by atoms with Gasteiger partial charge in [0.1, 0.15) is 5.82 Å². The highest BCUT2D eigenvalue weighted by atomic mass is 16.2. The fourth-order valence-electron chi connectivity index (χ4n) is 3.08. The van der Waals surface area contributed by atoms with E-state index in [-0.39, 0.29) is 11.8 Å². The monoisotopic (exact) mass is 283 g/mol. The average Bonchev–Trinajstić information content (AvgIpc) is 3.16. The summed E-state index contributed by atoms with van der Waals surface area (Å²) < 4.78 is 1.79. The Balaban J connectivity index is 1.85. The van der Waals surface area contributed by atoms with E-state index < -0.39 is 0 Å². The van der Waals surface area contributed by atoms with Crippen LogP contribution in [0.1, 0.15) is 25.7 Å². The number of hydrogen-bond donors (Lipinski definition) is 0. The summed E-state index contributed by atoms with van der Waals surface area (Å²) in [6.45, 7) is 0. The maximum Gasteiger partial charge on any atom is 0.230 e. The Morgan fingerprint density at radius 3 is 2.57 bits per heavy atom. The van der Waals surface area contributed by atoms with Crippen molar-refractivity contribution in [2.75, 3.05) is 11.9 Å². The molecule has 0 bridgehead atoms. The van der Waals surface area contributed by atoms with Gasteiger partial charge in [-0.1, -0.05) is 43.2 Å². The molecule has 3 rings (SSSR count). The van der Waals surface area contributed by atoms with Crippen molar-refractivity contribution in [1.29, 1.82) is 0 Å². The summed E-state index contributed by atoms with van der Waals surface area (Å²) in [5.74, 6) is 1.26. The minimum absolute atomic E-state index is 0.185. The van der Waals surface area contributed by atoms with Crippen molar-refractivity contribution in [3.63, 3.8) is 0 Å². The number of aryl methyl sites for hydroxylation is 1. The van der Waals surface area contributed by atoms with E-state index in [1.807, 2.05) is 50.5 Å². The molecule has 0 spiro atoms. The molecule has 0 atom stereocenters. The van der Waals surface area contributed by atoms with Crippen molar-refractivity contribution >= 4 is 11.7 Å². The molecule has 1 fully saturated rings. The van der Waals surface area contributed by atoms with Gasteiger partial charge >= 0.3 is 0 Å². The summed E-state index contributed by atoms with van der Waals surface area (Å²) in [6.07, 6.45) is 4.38.